The highest BCUT2D eigenvalue weighted by molar-refractivity contribution is 7.98. The van der Waals surface area contributed by atoms with Gasteiger partial charge in [0.25, 0.3) is 0 Å². The van der Waals surface area contributed by atoms with Gasteiger partial charge in [0, 0.05) is 21.8 Å². The number of rotatable bonds is 7. The third kappa shape index (κ3) is 4.82. The zero-order valence-corrected chi connectivity index (χ0v) is 18.5. The van der Waals surface area contributed by atoms with Crippen molar-refractivity contribution in [3.8, 4) is 11.1 Å². The molecule has 0 unspecified atom stereocenters. The molecule has 32 heavy (non-hydrogen) atoms. The number of thioether (sulfide) groups is 1. The Balaban J connectivity index is 1.86. The summed E-state index contributed by atoms with van der Waals surface area (Å²) in [5.74, 6) is 0.0230. The van der Waals surface area contributed by atoms with E-state index in [1.165, 1.54) is 12.7 Å². The van der Waals surface area contributed by atoms with Gasteiger partial charge in [-0.05, 0) is 28.8 Å². The van der Waals surface area contributed by atoms with Gasteiger partial charge < -0.3 is 4.74 Å². The van der Waals surface area contributed by atoms with Gasteiger partial charge in [0.05, 0.1) is 12.7 Å². The van der Waals surface area contributed by atoms with Crippen LogP contribution in [0, 0.1) is 0 Å². The van der Waals surface area contributed by atoms with E-state index in [-0.39, 0.29) is 11.3 Å². The summed E-state index contributed by atoms with van der Waals surface area (Å²) in [6, 6.07) is 32.6. The zero-order chi connectivity index (χ0) is 22.3. The summed E-state index contributed by atoms with van der Waals surface area (Å²) in [5, 5.41) is 0. The van der Waals surface area contributed by atoms with Crippen LogP contribution in [-0.2, 0) is 10.5 Å². The van der Waals surface area contributed by atoms with Gasteiger partial charge in [0.15, 0.2) is 5.78 Å². The Kier molecular flexibility index (Phi) is 6.83. The summed E-state index contributed by atoms with van der Waals surface area (Å²) >= 11 is 1.62. The molecule has 4 aromatic carbocycles. The van der Waals surface area contributed by atoms with Gasteiger partial charge in [0.1, 0.15) is 0 Å². The van der Waals surface area contributed by atoms with E-state index >= 15 is 0 Å². The average Bonchev–Trinajstić information content (AvgIpc) is 2.87. The van der Waals surface area contributed by atoms with E-state index in [0.717, 1.165) is 21.8 Å². The molecule has 3 nitrogen and oxygen atoms in total. The fraction of sp³-hybridized carbons (Fsp3) is 0.0714. The fourth-order valence-corrected chi connectivity index (χ4v) is 4.46. The second kappa shape index (κ2) is 10.1. The van der Waals surface area contributed by atoms with Gasteiger partial charge in [-0.2, -0.15) is 0 Å². The lowest BCUT2D eigenvalue weighted by atomic mass is 9.90. The molecule has 0 saturated carbocycles. The number of carbonyl (C=O) groups is 2. The van der Waals surface area contributed by atoms with E-state index in [0.29, 0.717) is 11.1 Å². The van der Waals surface area contributed by atoms with Crippen molar-refractivity contribution >= 4 is 23.5 Å². The van der Waals surface area contributed by atoms with E-state index in [2.05, 4.69) is 12.1 Å². The number of ether oxygens (including phenoxy) is 1. The molecule has 0 aromatic heterocycles. The Morgan fingerprint density at radius 1 is 0.781 bits per heavy atom. The van der Waals surface area contributed by atoms with Crippen LogP contribution in [0.2, 0.25) is 0 Å². The van der Waals surface area contributed by atoms with E-state index in [1.54, 1.807) is 30.0 Å². The Hall–Kier alpha value is -3.63. The van der Waals surface area contributed by atoms with Crippen LogP contribution in [0.1, 0.15) is 31.8 Å². The minimum atomic E-state index is -0.524. The molecule has 4 rings (SSSR count). The second-order valence-corrected chi connectivity index (χ2v) is 8.27. The number of methoxy groups -OCH3 is 1. The van der Waals surface area contributed by atoms with Gasteiger partial charge >= 0.3 is 5.97 Å². The van der Waals surface area contributed by atoms with Crippen LogP contribution in [0.15, 0.2) is 108 Å². The SMILES string of the molecule is COC(=O)c1cc(SCc2ccccc2)cc(-c2ccccc2)c1C(=O)c1ccccc1. The van der Waals surface area contributed by atoms with Crippen LogP contribution in [0.5, 0.6) is 0 Å². The molecular formula is C28H22O3S. The Bertz CT molecular complexity index is 1220. The van der Waals surface area contributed by atoms with Crippen molar-refractivity contribution in [3.05, 3.63) is 125 Å². The first-order chi connectivity index (χ1) is 15.7. The molecule has 0 N–H and O–H groups in total. The van der Waals surface area contributed by atoms with Crippen LogP contribution in [-0.4, -0.2) is 18.9 Å². The number of carbonyl (C=O) groups excluding carboxylic acids is 2. The topological polar surface area (TPSA) is 43.4 Å². The monoisotopic (exact) mass is 438 g/mol. The minimum Gasteiger partial charge on any atom is -0.465 e. The van der Waals surface area contributed by atoms with Crippen LogP contribution >= 0.6 is 11.8 Å². The Labute approximate surface area is 192 Å². The van der Waals surface area contributed by atoms with Gasteiger partial charge in [-0.3, -0.25) is 4.79 Å². The maximum Gasteiger partial charge on any atom is 0.338 e. The van der Waals surface area contributed by atoms with Gasteiger partial charge in [-0.25, -0.2) is 4.79 Å². The first kappa shape index (κ1) is 21.6. The Morgan fingerprint density at radius 3 is 2.00 bits per heavy atom. The summed E-state index contributed by atoms with van der Waals surface area (Å²) in [6.45, 7) is 0. The number of ketones is 1. The molecule has 0 saturated heterocycles. The van der Waals surface area contributed by atoms with E-state index in [4.69, 9.17) is 4.74 Å². The van der Waals surface area contributed by atoms with Crippen molar-refractivity contribution in [2.45, 2.75) is 10.6 Å². The first-order valence-corrected chi connectivity index (χ1v) is 11.2. The summed E-state index contributed by atoms with van der Waals surface area (Å²) in [5.41, 5.74) is 3.94. The number of benzene rings is 4. The molecule has 0 fully saturated rings. The second-order valence-electron chi connectivity index (χ2n) is 7.22. The molecule has 0 heterocycles. The lowest BCUT2D eigenvalue weighted by molar-refractivity contribution is 0.0597. The Morgan fingerprint density at radius 2 is 1.38 bits per heavy atom. The van der Waals surface area contributed by atoms with Crippen molar-refractivity contribution in [2.24, 2.45) is 0 Å². The first-order valence-electron chi connectivity index (χ1n) is 10.3. The molecule has 0 aliphatic carbocycles. The van der Waals surface area contributed by atoms with E-state index < -0.39 is 5.97 Å². The quantitative estimate of drug-likeness (QED) is 0.184. The molecule has 0 aliphatic rings. The maximum absolute atomic E-state index is 13.6. The van der Waals surface area contributed by atoms with Crippen LogP contribution in [0.3, 0.4) is 0 Å². The molecule has 0 atom stereocenters. The molecule has 0 aliphatic heterocycles. The van der Waals surface area contributed by atoms with Crippen molar-refractivity contribution in [3.63, 3.8) is 0 Å². The molecule has 0 radical (unpaired) electrons. The molecular weight excluding hydrogens is 416 g/mol. The van der Waals surface area contributed by atoms with E-state index in [1.807, 2.05) is 72.8 Å². The molecule has 0 amide bonds. The van der Waals surface area contributed by atoms with Crippen LogP contribution < -0.4 is 0 Å². The molecule has 0 bridgehead atoms. The molecule has 0 spiro atoms. The van der Waals surface area contributed by atoms with Crippen molar-refractivity contribution in [2.75, 3.05) is 7.11 Å². The van der Waals surface area contributed by atoms with Gasteiger partial charge in [-0.15, -0.1) is 11.8 Å². The van der Waals surface area contributed by atoms with Gasteiger partial charge in [0.2, 0.25) is 0 Å². The predicted molar refractivity (Wildman–Crippen MR) is 129 cm³/mol. The molecule has 4 heteroatoms. The van der Waals surface area contributed by atoms with Crippen molar-refractivity contribution < 1.29 is 14.3 Å². The van der Waals surface area contributed by atoms with Gasteiger partial charge in [-0.1, -0.05) is 91.0 Å². The van der Waals surface area contributed by atoms with Crippen LogP contribution in [0.4, 0.5) is 0 Å². The lowest BCUT2D eigenvalue weighted by Gasteiger charge is -2.16. The standard InChI is InChI=1S/C28H22O3S/c1-31-28(30)25-18-23(32-19-20-11-5-2-6-12-20)17-24(21-13-7-3-8-14-21)26(25)27(29)22-15-9-4-10-16-22/h2-18H,19H2,1H3. The minimum absolute atomic E-state index is 0.204. The number of esters is 1. The number of hydrogen-bond acceptors (Lipinski definition) is 4. The molecule has 4 aromatic rings. The largest absolute Gasteiger partial charge is 0.465 e. The highest BCUT2D eigenvalue weighted by Crippen LogP contribution is 2.35. The van der Waals surface area contributed by atoms with Crippen molar-refractivity contribution in [1.29, 1.82) is 0 Å². The predicted octanol–water partition coefficient (Wildman–Crippen LogP) is 6.66. The molecule has 158 valence electrons. The average molecular weight is 439 g/mol. The summed E-state index contributed by atoms with van der Waals surface area (Å²) in [6.07, 6.45) is 0. The van der Waals surface area contributed by atoms with Crippen molar-refractivity contribution in [1.82, 2.24) is 0 Å². The maximum atomic E-state index is 13.6. The highest BCUT2D eigenvalue weighted by Gasteiger charge is 2.25. The third-order valence-corrected chi connectivity index (χ3v) is 6.16. The summed E-state index contributed by atoms with van der Waals surface area (Å²) in [4.78, 5) is 27.3. The number of hydrogen-bond donors (Lipinski definition) is 0. The van der Waals surface area contributed by atoms with E-state index in [9.17, 15) is 9.59 Å². The highest BCUT2D eigenvalue weighted by atomic mass is 32.2. The smallest absolute Gasteiger partial charge is 0.338 e. The lowest BCUT2D eigenvalue weighted by Crippen LogP contribution is -2.13. The zero-order valence-electron chi connectivity index (χ0n) is 17.7. The fourth-order valence-electron chi connectivity index (χ4n) is 3.53. The normalized spacial score (nSPS) is 10.5. The third-order valence-electron chi connectivity index (χ3n) is 5.11. The van der Waals surface area contributed by atoms with Crippen LogP contribution in [0.25, 0.3) is 11.1 Å². The summed E-state index contributed by atoms with van der Waals surface area (Å²) in [7, 11) is 1.34. The summed E-state index contributed by atoms with van der Waals surface area (Å²) < 4.78 is 5.07.